The molecule has 2 heterocycles. The molecule has 1 fully saturated rings. The van der Waals surface area contributed by atoms with Crippen molar-refractivity contribution in [2.75, 3.05) is 13.1 Å². The molecule has 0 saturated carbocycles. The molecule has 0 aliphatic carbocycles. The molecule has 0 atom stereocenters. The van der Waals surface area contributed by atoms with Crippen LogP contribution in [0.4, 0.5) is 0 Å². The van der Waals surface area contributed by atoms with Gasteiger partial charge in [-0.3, -0.25) is 4.68 Å². The number of rotatable bonds is 4. The average molecular weight is 324 g/mol. The van der Waals surface area contributed by atoms with E-state index in [1.54, 1.807) is 0 Å². The quantitative estimate of drug-likeness (QED) is 0.934. The van der Waals surface area contributed by atoms with Crippen LogP contribution in [0.5, 0.6) is 0 Å². The van der Waals surface area contributed by atoms with Crippen molar-refractivity contribution < 1.29 is 0 Å². The minimum atomic E-state index is 0.0628. The van der Waals surface area contributed by atoms with E-state index in [-0.39, 0.29) is 5.41 Å². The number of hydrogen-bond acceptors (Lipinski definition) is 2. The van der Waals surface area contributed by atoms with Gasteiger partial charge in [-0.05, 0) is 24.1 Å². The molecular weight excluding hydrogens is 305 g/mol. The van der Waals surface area contributed by atoms with Gasteiger partial charge in [-0.1, -0.05) is 42.3 Å². The van der Waals surface area contributed by atoms with Crippen molar-refractivity contribution in [2.24, 2.45) is 7.05 Å². The monoisotopic (exact) mass is 323 g/mol. The summed E-state index contributed by atoms with van der Waals surface area (Å²) in [6, 6.07) is 8.14. The van der Waals surface area contributed by atoms with Crippen LogP contribution in [0.2, 0.25) is 10.0 Å². The van der Waals surface area contributed by atoms with Gasteiger partial charge in [0.1, 0.15) is 0 Å². The van der Waals surface area contributed by atoms with Gasteiger partial charge < -0.3 is 5.32 Å². The summed E-state index contributed by atoms with van der Waals surface area (Å²) in [5, 5.41) is 9.50. The van der Waals surface area contributed by atoms with Crippen LogP contribution < -0.4 is 5.32 Å². The summed E-state index contributed by atoms with van der Waals surface area (Å²) in [6.07, 6.45) is 1.73. The lowest BCUT2D eigenvalue weighted by Gasteiger charge is -2.43. The first-order chi connectivity index (χ1) is 10.1. The first kappa shape index (κ1) is 14.9. The van der Waals surface area contributed by atoms with Gasteiger partial charge in [-0.25, -0.2) is 0 Å². The van der Waals surface area contributed by atoms with Crippen molar-refractivity contribution >= 4 is 23.2 Å². The van der Waals surface area contributed by atoms with Crippen LogP contribution in [-0.4, -0.2) is 22.9 Å². The number of nitrogens with one attached hydrogen (secondary N) is 1. The van der Waals surface area contributed by atoms with Gasteiger partial charge >= 0.3 is 0 Å². The summed E-state index contributed by atoms with van der Waals surface area (Å²) in [4.78, 5) is 0. The van der Waals surface area contributed by atoms with Crippen LogP contribution in [-0.2, 0) is 25.3 Å². The molecule has 2 aromatic rings. The van der Waals surface area contributed by atoms with Crippen LogP contribution in [0.25, 0.3) is 0 Å². The summed E-state index contributed by atoms with van der Waals surface area (Å²) in [7, 11) is 1.97. The minimum absolute atomic E-state index is 0.0628. The van der Waals surface area contributed by atoms with Crippen molar-refractivity contribution in [1.82, 2.24) is 15.1 Å². The third-order valence-corrected chi connectivity index (χ3v) is 5.04. The fourth-order valence-electron chi connectivity index (χ4n) is 3.01. The number of aryl methyl sites for hydroxylation is 2. The van der Waals surface area contributed by atoms with E-state index in [0.29, 0.717) is 0 Å². The van der Waals surface area contributed by atoms with E-state index in [0.717, 1.165) is 47.4 Å². The second-order valence-corrected chi connectivity index (χ2v) is 6.57. The molecule has 1 aromatic heterocycles. The van der Waals surface area contributed by atoms with Crippen molar-refractivity contribution in [2.45, 2.75) is 25.2 Å². The van der Waals surface area contributed by atoms with Crippen LogP contribution in [0.1, 0.15) is 23.9 Å². The lowest BCUT2D eigenvalue weighted by Crippen LogP contribution is -2.58. The SMILES string of the molecule is CCc1nn(C)c(CC2(c3cccc(Cl)c3)CNC2)c1Cl. The molecule has 1 aliphatic rings. The molecule has 5 heteroatoms. The highest BCUT2D eigenvalue weighted by Gasteiger charge is 2.40. The second kappa shape index (κ2) is 5.64. The lowest BCUT2D eigenvalue weighted by atomic mass is 9.72. The molecule has 0 spiro atoms. The summed E-state index contributed by atoms with van der Waals surface area (Å²) < 4.78 is 1.92. The summed E-state index contributed by atoms with van der Waals surface area (Å²) in [5.74, 6) is 0. The molecule has 0 unspecified atom stereocenters. The van der Waals surface area contributed by atoms with Crippen LogP contribution in [0.3, 0.4) is 0 Å². The Kier molecular flexibility index (Phi) is 4.00. The van der Waals surface area contributed by atoms with Gasteiger partial charge in [-0.15, -0.1) is 0 Å². The molecule has 1 saturated heterocycles. The van der Waals surface area contributed by atoms with Crippen molar-refractivity contribution in [3.63, 3.8) is 0 Å². The zero-order valence-corrected chi connectivity index (χ0v) is 13.8. The summed E-state index contributed by atoms with van der Waals surface area (Å²) >= 11 is 12.7. The Morgan fingerprint density at radius 2 is 2.10 bits per heavy atom. The Morgan fingerprint density at radius 1 is 1.33 bits per heavy atom. The van der Waals surface area contributed by atoms with Crippen molar-refractivity contribution in [1.29, 1.82) is 0 Å². The van der Waals surface area contributed by atoms with E-state index in [2.05, 4.69) is 29.5 Å². The predicted molar refractivity (Wildman–Crippen MR) is 87.3 cm³/mol. The van der Waals surface area contributed by atoms with E-state index in [1.165, 1.54) is 5.56 Å². The maximum Gasteiger partial charge on any atom is 0.0850 e. The number of hydrogen-bond donors (Lipinski definition) is 1. The van der Waals surface area contributed by atoms with Gasteiger partial charge in [-0.2, -0.15) is 5.10 Å². The third-order valence-electron chi connectivity index (χ3n) is 4.37. The van der Waals surface area contributed by atoms with Crippen molar-refractivity contribution in [3.8, 4) is 0 Å². The normalized spacial score (nSPS) is 16.8. The number of halogens is 2. The third kappa shape index (κ3) is 2.59. The minimum Gasteiger partial charge on any atom is -0.315 e. The van der Waals surface area contributed by atoms with Crippen LogP contribution >= 0.6 is 23.2 Å². The fraction of sp³-hybridized carbons (Fsp3) is 0.438. The van der Waals surface area contributed by atoms with Gasteiger partial charge in [0.05, 0.1) is 16.4 Å². The molecule has 1 aromatic carbocycles. The van der Waals surface area contributed by atoms with Crippen molar-refractivity contribution in [3.05, 3.63) is 51.3 Å². The van der Waals surface area contributed by atoms with Gasteiger partial charge in [0.2, 0.25) is 0 Å². The summed E-state index contributed by atoms with van der Waals surface area (Å²) in [6.45, 7) is 3.96. The Hall–Kier alpha value is -1.03. The number of aromatic nitrogens is 2. The van der Waals surface area contributed by atoms with Crippen LogP contribution in [0, 0.1) is 0 Å². The Morgan fingerprint density at radius 3 is 2.62 bits per heavy atom. The maximum absolute atomic E-state index is 6.51. The average Bonchev–Trinajstić information content (AvgIpc) is 2.69. The van der Waals surface area contributed by atoms with E-state index < -0.39 is 0 Å². The molecule has 1 aliphatic heterocycles. The summed E-state index contributed by atoms with van der Waals surface area (Å²) in [5.41, 5.74) is 3.41. The Labute approximate surface area is 135 Å². The molecule has 3 nitrogen and oxygen atoms in total. The molecule has 1 N–H and O–H groups in total. The van der Waals surface area contributed by atoms with E-state index in [4.69, 9.17) is 23.2 Å². The highest BCUT2D eigenvalue weighted by Crippen LogP contribution is 2.36. The molecule has 0 radical (unpaired) electrons. The molecule has 0 amide bonds. The highest BCUT2D eigenvalue weighted by atomic mass is 35.5. The maximum atomic E-state index is 6.51. The fourth-order valence-corrected chi connectivity index (χ4v) is 3.56. The topological polar surface area (TPSA) is 29.9 Å². The zero-order valence-electron chi connectivity index (χ0n) is 12.3. The first-order valence-electron chi connectivity index (χ1n) is 7.23. The zero-order chi connectivity index (χ0) is 15.0. The van der Waals surface area contributed by atoms with Gasteiger partial charge in [0.25, 0.3) is 0 Å². The molecule has 21 heavy (non-hydrogen) atoms. The standard InChI is InChI=1S/C16H19Cl2N3/c1-3-13-15(18)14(21(2)20-13)8-16(9-19-10-16)11-5-4-6-12(17)7-11/h4-7,19H,3,8-10H2,1-2H3. The Balaban J connectivity index is 1.97. The molecular formula is C16H19Cl2N3. The largest absolute Gasteiger partial charge is 0.315 e. The highest BCUT2D eigenvalue weighted by molar-refractivity contribution is 6.32. The predicted octanol–water partition coefficient (Wildman–Crippen LogP) is 3.37. The molecule has 3 rings (SSSR count). The number of benzene rings is 1. The van der Waals surface area contributed by atoms with E-state index in [9.17, 15) is 0 Å². The second-order valence-electron chi connectivity index (χ2n) is 5.76. The molecule has 112 valence electrons. The van der Waals surface area contributed by atoms with Gasteiger partial charge in [0, 0.05) is 37.0 Å². The molecule has 0 bridgehead atoms. The lowest BCUT2D eigenvalue weighted by molar-refractivity contribution is 0.270. The van der Waals surface area contributed by atoms with Gasteiger partial charge in [0.15, 0.2) is 0 Å². The smallest absolute Gasteiger partial charge is 0.0850 e. The van der Waals surface area contributed by atoms with E-state index in [1.807, 2.05) is 23.9 Å². The van der Waals surface area contributed by atoms with E-state index >= 15 is 0 Å². The number of nitrogens with zero attached hydrogens (tertiary/aromatic N) is 2. The first-order valence-corrected chi connectivity index (χ1v) is 7.98. The Bertz CT molecular complexity index is 660. The van der Waals surface area contributed by atoms with Crippen LogP contribution in [0.15, 0.2) is 24.3 Å².